The summed E-state index contributed by atoms with van der Waals surface area (Å²) in [6, 6.07) is 14.2. The number of ether oxygens (including phenoxy) is 1. The topological polar surface area (TPSA) is 34.2 Å². The largest absolute Gasteiger partial charge is 0.470 e. The molecule has 0 aliphatic heterocycles. The zero-order valence-electron chi connectivity index (χ0n) is 11.5. The van der Waals surface area contributed by atoms with Gasteiger partial charge in [0, 0.05) is 18.8 Å². The van der Waals surface area contributed by atoms with Crippen molar-refractivity contribution in [1.82, 2.24) is 10.3 Å². The normalized spacial score (nSPS) is 12.1. The number of hydrogen-bond donors (Lipinski definition) is 1. The fourth-order valence-corrected chi connectivity index (χ4v) is 1.87. The second-order valence-electron chi connectivity index (χ2n) is 4.45. The second kappa shape index (κ2) is 6.90. The minimum Gasteiger partial charge on any atom is -0.470 e. The Hall–Kier alpha value is -1.87. The van der Waals surface area contributed by atoms with Crippen molar-refractivity contribution in [2.75, 3.05) is 6.54 Å². The third kappa shape index (κ3) is 4.07. The lowest BCUT2D eigenvalue weighted by Gasteiger charge is -2.14. The van der Waals surface area contributed by atoms with Gasteiger partial charge in [0.25, 0.3) is 0 Å². The van der Waals surface area contributed by atoms with Crippen LogP contribution in [0.15, 0.2) is 48.7 Å². The first-order chi connectivity index (χ1) is 9.29. The van der Waals surface area contributed by atoms with Gasteiger partial charge in [0.15, 0.2) is 0 Å². The number of rotatable bonds is 6. The maximum Gasteiger partial charge on any atom is 0.214 e. The van der Waals surface area contributed by atoms with Gasteiger partial charge in [0.1, 0.15) is 6.10 Å². The van der Waals surface area contributed by atoms with Crippen molar-refractivity contribution in [1.29, 1.82) is 0 Å². The average Bonchev–Trinajstić information content (AvgIpc) is 2.46. The summed E-state index contributed by atoms with van der Waals surface area (Å²) in [5.74, 6) is 0.673. The van der Waals surface area contributed by atoms with Gasteiger partial charge in [-0.25, -0.2) is 4.98 Å². The van der Waals surface area contributed by atoms with E-state index in [9.17, 15) is 0 Å². The van der Waals surface area contributed by atoms with Crippen LogP contribution in [0.4, 0.5) is 0 Å². The van der Waals surface area contributed by atoms with E-state index in [-0.39, 0.29) is 6.10 Å². The minimum atomic E-state index is 0.00286. The lowest BCUT2D eigenvalue weighted by Crippen LogP contribution is -2.12. The molecule has 0 fully saturated rings. The molecule has 1 unspecified atom stereocenters. The van der Waals surface area contributed by atoms with Gasteiger partial charge >= 0.3 is 0 Å². The molecule has 0 aliphatic carbocycles. The van der Waals surface area contributed by atoms with E-state index in [4.69, 9.17) is 4.74 Å². The standard InChI is InChI=1S/C16H20N2O/c1-3-17-12-14-9-10-18-16(11-14)19-13(2)15-7-5-4-6-8-15/h4-11,13,17H,3,12H2,1-2H3. The molecule has 1 N–H and O–H groups in total. The molecule has 1 atom stereocenters. The average molecular weight is 256 g/mol. The first-order valence-electron chi connectivity index (χ1n) is 6.67. The number of nitrogens with one attached hydrogen (secondary N) is 1. The highest BCUT2D eigenvalue weighted by Crippen LogP contribution is 2.20. The fourth-order valence-electron chi connectivity index (χ4n) is 1.87. The molecule has 3 heteroatoms. The Morgan fingerprint density at radius 2 is 2.00 bits per heavy atom. The van der Waals surface area contributed by atoms with Crippen molar-refractivity contribution in [3.05, 3.63) is 59.8 Å². The van der Waals surface area contributed by atoms with Gasteiger partial charge in [-0.2, -0.15) is 0 Å². The van der Waals surface area contributed by atoms with Crippen LogP contribution in [-0.4, -0.2) is 11.5 Å². The quantitative estimate of drug-likeness (QED) is 0.860. The lowest BCUT2D eigenvalue weighted by molar-refractivity contribution is 0.217. The molecule has 100 valence electrons. The van der Waals surface area contributed by atoms with Crippen molar-refractivity contribution in [2.24, 2.45) is 0 Å². The van der Waals surface area contributed by atoms with Crippen LogP contribution in [-0.2, 0) is 6.54 Å². The Bertz CT molecular complexity index is 499. The first kappa shape index (κ1) is 13.6. The SMILES string of the molecule is CCNCc1ccnc(OC(C)c2ccccc2)c1. The number of pyridine rings is 1. The minimum absolute atomic E-state index is 0.00286. The number of benzene rings is 1. The molecule has 2 aromatic rings. The monoisotopic (exact) mass is 256 g/mol. The molecule has 2 rings (SSSR count). The van der Waals surface area contributed by atoms with E-state index >= 15 is 0 Å². The van der Waals surface area contributed by atoms with E-state index in [2.05, 4.69) is 29.4 Å². The molecule has 19 heavy (non-hydrogen) atoms. The van der Waals surface area contributed by atoms with Gasteiger partial charge in [-0.3, -0.25) is 0 Å². The van der Waals surface area contributed by atoms with Crippen LogP contribution in [0.25, 0.3) is 0 Å². The van der Waals surface area contributed by atoms with Crippen LogP contribution in [0.3, 0.4) is 0 Å². The van der Waals surface area contributed by atoms with E-state index in [1.54, 1.807) is 6.20 Å². The Labute approximate surface area is 114 Å². The Kier molecular flexibility index (Phi) is 4.93. The maximum absolute atomic E-state index is 5.88. The highest BCUT2D eigenvalue weighted by atomic mass is 16.5. The van der Waals surface area contributed by atoms with Crippen LogP contribution in [0.1, 0.15) is 31.1 Å². The summed E-state index contributed by atoms with van der Waals surface area (Å²) in [6.45, 7) is 5.93. The third-order valence-corrected chi connectivity index (χ3v) is 2.94. The summed E-state index contributed by atoms with van der Waals surface area (Å²) in [5.41, 5.74) is 2.34. The lowest BCUT2D eigenvalue weighted by atomic mass is 10.1. The summed E-state index contributed by atoms with van der Waals surface area (Å²) < 4.78 is 5.88. The predicted octanol–water partition coefficient (Wildman–Crippen LogP) is 3.33. The van der Waals surface area contributed by atoms with Gasteiger partial charge in [-0.05, 0) is 30.7 Å². The highest BCUT2D eigenvalue weighted by Gasteiger charge is 2.07. The van der Waals surface area contributed by atoms with Crippen molar-refractivity contribution in [3.63, 3.8) is 0 Å². The molecular formula is C16H20N2O. The molecule has 1 aromatic heterocycles. The second-order valence-corrected chi connectivity index (χ2v) is 4.45. The highest BCUT2D eigenvalue weighted by molar-refractivity contribution is 5.23. The van der Waals surface area contributed by atoms with Gasteiger partial charge < -0.3 is 10.1 Å². The first-order valence-corrected chi connectivity index (χ1v) is 6.67. The number of hydrogen-bond acceptors (Lipinski definition) is 3. The molecular weight excluding hydrogens is 236 g/mol. The van der Waals surface area contributed by atoms with Gasteiger partial charge in [-0.15, -0.1) is 0 Å². The Morgan fingerprint density at radius 1 is 1.21 bits per heavy atom. The van der Waals surface area contributed by atoms with Crippen LogP contribution >= 0.6 is 0 Å². The number of nitrogens with zero attached hydrogens (tertiary/aromatic N) is 1. The molecule has 1 aromatic carbocycles. The van der Waals surface area contributed by atoms with Crippen molar-refractivity contribution < 1.29 is 4.74 Å². The van der Waals surface area contributed by atoms with E-state index in [0.29, 0.717) is 5.88 Å². The Morgan fingerprint density at radius 3 is 2.74 bits per heavy atom. The van der Waals surface area contributed by atoms with E-state index in [1.807, 2.05) is 37.3 Å². The van der Waals surface area contributed by atoms with Gasteiger partial charge in [0.05, 0.1) is 0 Å². The maximum atomic E-state index is 5.88. The molecule has 3 nitrogen and oxygen atoms in total. The summed E-state index contributed by atoms with van der Waals surface area (Å²) >= 11 is 0. The van der Waals surface area contributed by atoms with Crippen molar-refractivity contribution >= 4 is 0 Å². The number of aromatic nitrogens is 1. The molecule has 0 bridgehead atoms. The molecule has 0 radical (unpaired) electrons. The molecule has 0 amide bonds. The van der Waals surface area contributed by atoms with Crippen LogP contribution < -0.4 is 10.1 Å². The Balaban J connectivity index is 2.02. The fraction of sp³-hybridized carbons (Fsp3) is 0.312. The van der Waals surface area contributed by atoms with Crippen molar-refractivity contribution in [3.8, 4) is 5.88 Å². The molecule has 0 saturated carbocycles. The predicted molar refractivity (Wildman–Crippen MR) is 77.1 cm³/mol. The summed E-state index contributed by atoms with van der Waals surface area (Å²) in [7, 11) is 0. The van der Waals surface area contributed by atoms with Crippen molar-refractivity contribution in [2.45, 2.75) is 26.5 Å². The van der Waals surface area contributed by atoms with E-state index in [1.165, 1.54) is 5.56 Å². The van der Waals surface area contributed by atoms with Crippen LogP contribution in [0, 0.1) is 0 Å². The van der Waals surface area contributed by atoms with Crippen LogP contribution in [0.5, 0.6) is 5.88 Å². The summed E-state index contributed by atoms with van der Waals surface area (Å²) in [5, 5.41) is 3.29. The molecule has 0 saturated heterocycles. The van der Waals surface area contributed by atoms with E-state index < -0.39 is 0 Å². The molecule has 0 aliphatic rings. The summed E-state index contributed by atoms with van der Waals surface area (Å²) in [6.07, 6.45) is 1.79. The molecule has 0 spiro atoms. The van der Waals surface area contributed by atoms with Crippen LogP contribution in [0.2, 0.25) is 0 Å². The zero-order valence-corrected chi connectivity index (χ0v) is 11.5. The van der Waals surface area contributed by atoms with Gasteiger partial charge in [-0.1, -0.05) is 37.3 Å². The third-order valence-electron chi connectivity index (χ3n) is 2.94. The van der Waals surface area contributed by atoms with E-state index in [0.717, 1.165) is 18.7 Å². The smallest absolute Gasteiger partial charge is 0.214 e. The summed E-state index contributed by atoms with van der Waals surface area (Å²) in [4.78, 5) is 4.26. The zero-order chi connectivity index (χ0) is 13.5. The molecule has 1 heterocycles. The van der Waals surface area contributed by atoms with Gasteiger partial charge in [0.2, 0.25) is 5.88 Å².